The number of hydrogen-bond acceptors (Lipinski definition) is 5. The van der Waals surface area contributed by atoms with Crippen LogP contribution in [0.25, 0.3) is 16.9 Å². The molecule has 1 aromatic carbocycles. The largest absolute Gasteiger partial charge is 0.486 e. The molecule has 3 aromatic rings. The SMILES string of the molecule is CC(C)CCN(CCC(C)C)C(=O)c1ccc2nc(-c3ccc4c(c3)OCCO4)c(CCCN3CCCCC3)n2c1.Cl. The van der Waals surface area contributed by atoms with E-state index in [2.05, 4.69) is 54.0 Å². The number of piperidine rings is 1. The Morgan fingerprint density at radius 2 is 1.62 bits per heavy atom. The van der Waals surface area contributed by atoms with Gasteiger partial charge in [0.15, 0.2) is 11.5 Å². The number of ether oxygens (including phenoxy) is 2. The van der Waals surface area contributed by atoms with Crippen LogP contribution in [0.3, 0.4) is 0 Å². The van der Waals surface area contributed by atoms with Gasteiger partial charge in [-0.3, -0.25) is 4.79 Å². The van der Waals surface area contributed by atoms with Crippen LogP contribution in [-0.2, 0) is 6.42 Å². The molecule has 2 aliphatic rings. The van der Waals surface area contributed by atoms with Gasteiger partial charge in [-0.2, -0.15) is 0 Å². The third kappa shape index (κ3) is 7.99. The number of aromatic nitrogens is 2. The Balaban J connectivity index is 0.00000405. The van der Waals surface area contributed by atoms with Gasteiger partial charge in [-0.1, -0.05) is 34.1 Å². The molecule has 0 atom stereocenters. The smallest absolute Gasteiger partial charge is 0.255 e. The first-order valence-electron chi connectivity index (χ1n) is 15.8. The van der Waals surface area contributed by atoms with Crippen molar-refractivity contribution in [1.82, 2.24) is 19.2 Å². The molecule has 2 aromatic heterocycles. The van der Waals surface area contributed by atoms with Gasteiger partial charge in [0.25, 0.3) is 5.91 Å². The molecule has 8 heteroatoms. The Kier molecular flexibility index (Phi) is 11.6. The molecule has 7 nitrogen and oxygen atoms in total. The number of carbonyl (C=O) groups excluding carboxylic acids is 1. The Hall–Kier alpha value is -2.77. The van der Waals surface area contributed by atoms with E-state index in [1.165, 1.54) is 32.4 Å². The van der Waals surface area contributed by atoms with Gasteiger partial charge in [-0.25, -0.2) is 4.98 Å². The minimum absolute atomic E-state index is 0. The summed E-state index contributed by atoms with van der Waals surface area (Å²) in [4.78, 5) is 23.6. The van der Waals surface area contributed by atoms with E-state index >= 15 is 0 Å². The minimum atomic E-state index is 0. The molecule has 0 radical (unpaired) electrons. The highest BCUT2D eigenvalue weighted by Crippen LogP contribution is 2.36. The highest BCUT2D eigenvalue weighted by molar-refractivity contribution is 5.94. The van der Waals surface area contributed by atoms with Gasteiger partial charge in [-0.15, -0.1) is 12.4 Å². The Morgan fingerprint density at radius 3 is 2.31 bits per heavy atom. The predicted molar refractivity (Wildman–Crippen MR) is 172 cm³/mol. The lowest BCUT2D eigenvalue weighted by atomic mass is 10.1. The van der Waals surface area contributed by atoms with Gasteiger partial charge in [0.1, 0.15) is 18.9 Å². The maximum atomic E-state index is 13.8. The van der Waals surface area contributed by atoms with E-state index in [1.54, 1.807) is 0 Å². The minimum Gasteiger partial charge on any atom is -0.486 e. The molecule has 42 heavy (non-hydrogen) atoms. The molecule has 1 saturated heterocycles. The van der Waals surface area contributed by atoms with Crippen molar-refractivity contribution in [2.45, 2.75) is 72.6 Å². The van der Waals surface area contributed by atoms with E-state index < -0.39 is 0 Å². The number of imidazole rings is 1. The third-order valence-corrected chi connectivity index (χ3v) is 8.36. The highest BCUT2D eigenvalue weighted by Gasteiger charge is 2.22. The van der Waals surface area contributed by atoms with Crippen LogP contribution < -0.4 is 9.47 Å². The molecule has 1 fully saturated rings. The normalized spacial score (nSPS) is 15.3. The Labute approximate surface area is 258 Å². The van der Waals surface area contributed by atoms with Crippen molar-refractivity contribution in [2.24, 2.45) is 11.8 Å². The number of aryl methyl sites for hydroxylation is 1. The zero-order valence-electron chi connectivity index (χ0n) is 25.9. The van der Waals surface area contributed by atoms with Crippen molar-refractivity contribution in [3.63, 3.8) is 0 Å². The number of rotatable bonds is 12. The van der Waals surface area contributed by atoms with Crippen molar-refractivity contribution in [3.05, 3.63) is 47.8 Å². The zero-order valence-corrected chi connectivity index (χ0v) is 26.8. The van der Waals surface area contributed by atoms with Crippen LogP contribution in [0.15, 0.2) is 36.5 Å². The van der Waals surface area contributed by atoms with E-state index in [1.807, 2.05) is 24.4 Å². The van der Waals surface area contributed by atoms with E-state index in [0.717, 1.165) is 85.0 Å². The average molecular weight is 597 g/mol. The summed E-state index contributed by atoms with van der Waals surface area (Å²) in [7, 11) is 0. The summed E-state index contributed by atoms with van der Waals surface area (Å²) in [6, 6.07) is 10.1. The molecule has 0 spiro atoms. The van der Waals surface area contributed by atoms with Crippen LogP contribution in [0.5, 0.6) is 11.5 Å². The van der Waals surface area contributed by atoms with Crippen molar-refractivity contribution in [3.8, 4) is 22.8 Å². The van der Waals surface area contributed by atoms with E-state index in [-0.39, 0.29) is 18.3 Å². The van der Waals surface area contributed by atoms with Crippen LogP contribution in [0, 0.1) is 11.8 Å². The monoisotopic (exact) mass is 596 g/mol. The molecule has 230 valence electrons. The van der Waals surface area contributed by atoms with Crippen molar-refractivity contribution in [2.75, 3.05) is 45.9 Å². The molecule has 0 aliphatic carbocycles. The fraction of sp³-hybridized carbons (Fsp3) is 0.588. The number of halogens is 1. The number of carbonyl (C=O) groups is 1. The summed E-state index contributed by atoms with van der Waals surface area (Å²) in [5.74, 6) is 2.78. The summed E-state index contributed by atoms with van der Waals surface area (Å²) in [6.07, 6.45) is 9.93. The van der Waals surface area contributed by atoms with Gasteiger partial charge in [0, 0.05) is 24.8 Å². The van der Waals surface area contributed by atoms with Crippen molar-refractivity contribution < 1.29 is 14.3 Å². The van der Waals surface area contributed by atoms with Gasteiger partial charge in [0.05, 0.1) is 17.0 Å². The highest BCUT2D eigenvalue weighted by atomic mass is 35.5. The fourth-order valence-corrected chi connectivity index (χ4v) is 5.86. The summed E-state index contributed by atoms with van der Waals surface area (Å²) >= 11 is 0. The maximum absolute atomic E-state index is 13.8. The predicted octanol–water partition coefficient (Wildman–Crippen LogP) is 7.15. The Bertz CT molecular complexity index is 1300. The summed E-state index contributed by atoms with van der Waals surface area (Å²) in [5, 5.41) is 0. The molecule has 4 heterocycles. The first-order chi connectivity index (χ1) is 19.9. The van der Waals surface area contributed by atoms with Gasteiger partial charge >= 0.3 is 0 Å². The van der Waals surface area contributed by atoms with Gasteiger partial charge in [0.2, 0.25) is 0 Å². The molecule has 1 amide bonds. The van der Waals surface area contributed by atoms with Crippen LogP contribution in [0.4, 0.5) is 0 Å². The van der Waals surface area contributed by atoms with Gasteiger partial charge < -0.3 is 23.7 Å². The first-order valence-corrected chi connectivity index (χ1v) is 15.8. The number of nitrogens with zero attached hydrogens (tertiary/aromatic N) is 4. The van der Waals surface area contributed by atoms with Crippen LogP contribution >= 0.6 is 12.4 Å². The second-order valence-electron chi connectivity index (χ2n) is 12.6. The number of fused-ring (bicyclic) bond motifs is 2. The first kappa shape index (κ1) is 32.2. The molecule has 5 rings (SSSR count). The van der Waals surface area contributed by atoms with Crippen LogP contribution in [0.2, 0.25) is 0 Å². The molecule has 0 N–H and O–H groups in total. The molecular weight excluding hydrogens is 548 g/mol. The summed E-state index contributed by atoms with van der Waals surface area (Å²) in [6.45, 7) is 15.1. The number of benzene rings is 1. The second-order valence-corrected chi connectivity index (χ2v) is 12.6. The molecule has 0 unspecified atom stereocenters. The lowest BCUT2D eigenvalue weighted by molar-refractivity contribution is 0.0740. The average Bonchev–Trinajstić information content (AvgIpc) is 3.34. The number of amides is 1. The van der Waals surface area contributed by atoms with E-state index in [0.29, 0.717) is 25.0 Å². The standard InChI is InChI=1S/C34H48N4O3.ClH/c1-25(2)14-19-37(20-15-26(3)4)34(39)28-11-13-32-35-33(27-10-12-30-31(23-27)41-22-21-40-30)29(38(32)24-28)9-8-18-36-16-6-5-7-17-36;/h10-13,23-26H,5-9,14-22H2,1-4H3;1H. The fourth-order valence-electron chi connectivity index (χ4n) is 5.86. The van der Waals surface area contributed by atoms with Crippen molar-refractivity contribution in [1.29, 1.82) is 0 Å². The topological polar surface area (TPSA) is 59.3 Å². The maximum Gasteiger partial charge on any atom is 0.255 e. The summed E-state index contributed by atoms with van der Waals surface area (Å²) in [5.41, 5.74) is 4.74. The molecular formula is C34H49ClN4O3. The quantitative estimate of drug-likeness (QED) is 0.222. The van der Waals surface area contributed by atoms with Gasteiger partial charge in [-0.05, 0) is 100 Å². The number of pyridine rings is 1. The van der Waals surface area contributed by atoms with E-state index in [4.69, 9.17) is 14.5 Å². The second kappa shape index (κ2) is 15.1. The molecule has 0 saturated carbocycles. The molecule has 0 bridgehead atoms. The number of likely N-dealkylation sites (tertiary alicyclic amines) is 1. The van der Waals surface area contributed by atoms with E-state index in [9.17, 15) is 4.79 Å². The van der Waals surface area contributed by atoms with Crippen molar-refractivity contribution >= 4 is 24.0 Å². The molecule has 2 aliphatic heterocycles. The Morgan fingerprint density at radius 1 is 0.929 bits per heavy atom. The lowest BCUT2D eigenvalue weighted by Crippen LogP contribution is -2.34. The van der Waals surface area contributed by atoms with Crippen LogP contribution in [-0.4, -0.2) is 71.0 Å². The summed E-state index contributed by atoms with van der Waals surface area (Å²) < 4.78 is 13.8. The van der Waals surface area contributed by atoms with Crippen LogP contribution in [0.1, 0.15) is 82.3 Å². The third-order valence-electron chi connectivity index (χ3n) is 8.36. The lowest BCUT2D eigenvalue weighted by Gasteiger charge is -2.26. The number of hydrogen-bond donors (Lipinski definition) is 0. The zero-order chi connectivity index (χ0) is 28.8.